The number of hydrogen-bond acceptors (Lipinski definition) is 5. The van der Waals surface area contributed by atoms with Crippen molar-refractivity contribution in [2.45, 2.75) is 51.5 Å². The van der Waals surface area contributed by atoms with Gasteiger partial charge in [-0.1, -0.05) is 12.1 Å². The molecule has 0 bridgehead atoms. The molecule has 4 rings (SSSR count). The maximum absolute atomic E-state index is 13.2. The minimum Gasteiger partial charge on any atom is -0.341 e. The Morgan fingerprint density at radius 1 is 1.12 bits per heavy atom. The summed E-state index contributed by atoms with van der Waals surface area (Å²) in [7, 11) is -3.83. The van der Waals surface area contributed by atoms with E-state index in [2.05, 4.69) is 9.71 Å². The van der Waals surface area contributed by atoms with Gasteiger partial charge in [0.25, 0.3) is 10.0 Å². The molecule has 0 saturated carbocycles. The van der Waals surface area contributed by atoms with Crippen molar-refractivity contribution >= 4 is 33.0 Å². The lowest BCUT2D eigenvalue weighted by Crippen LogP contribution is -2.37. The normalized spacial score (nSPS) is 14.5. The smallest absolute Gasteiger partial charge is 0.263 e. The number of rotatable bonds is 6. The number of benzene rings is 1. The number of nitrogens with one attached hydrogen (secondary N) is 1. The molecule has 1 aliphatic rings. The van der Waals surface area contributed by atoms with Crippen LogP contribution in [0.4, 0.5) is 5.69 Å². The standard InChI is InChI=1S/C23H28N4O3S2/c1-16-7-8-17(2)20(11-16)25-32(29,30)19-12-21(23-24-18(3)15-31-23)27(13-19)14-22(28)26-9-5-4-6-10-26/h7-8,11-13,15,25H,4-6,9-10,14H2,1-3H3. The summed E-state index contributed by atoms with van der Waals surface area (Å²) in [6.07, 6.45) is 4.70. The summed E-state index contributed by atoms with van der Waals surface area (Å²) in [5, 5.41) is 2.61. The van der Waals surface area contributed by atoms with Crippen molar-refractivity contribution in [3.05, 3.63) is 52.7 Å². The van der Waals surface area contributed by atoms with Gasteiger partial charge in [0.1, 0.15) is 16.4 Å². The minimum atomic E-state index is -3.83. The lowest BCUT2D eigenvalue weighted by atomic mass is 10.1. The molecule has 170 valence electrons. The molecule has 2 aromatic heterocycles. The zero-order chi connectivity index (χ0) is 22.9. The van der Waals surface area contributed by atoms with Gasteiger partial charge in [-0.25, -0.2) is 13.4 Å². The highest BCUT2D eigenvalue weighted by atomic mass is 32.2. The van der Waals surface area contributed by atoms with Crippen LogP contribution in [0.25, 0.3) is 10.7 Å². The topological polar surface area (TPSA) is 84.3 Å². The molecular formula is C23H28N4O3S2. The van der Waals surface area contributed by atoms with Crippen molar-refractivity contribution in [1.29, 1.82) is 0 Å². The predicted molar refractivity (Wildman–Crippen MR) is 127 cm³/mol. The molecule has 1 aliphatic heterocycles. The van der Waals surface area contributed by atoms with Crippen LogP contribution in [-0.2, 0) is 21.4 Å². The average molecular weight is 473 g/mol. The molecule has 0 unspecified atom stereocenters. The molecule has 1 N–H and O–H groups in total. The van der Waals surface area contributed by atoms with Gasteiger partial charge >= 0.3 is 0 Å². The van der Waals surface area contributed by atoms with Crippen LogP contribution in [0.15, 0.2) is 40.7 Å². The van der Waals surface area contributed by atoms with Gasteiger partial charge in [0.05, 0.1) is 11.4 Å². The predicted octanol–water partition coefficient (Wildman–Crippen LogP) is 4.35. The van der Waals surface area contributed by atoms with Crippen molar-refractivity contribution in [2.24, 2.45) is 0 Å². The Morgan fingerprint density at radius 2 is 1.88 bits per heavy atom. The largest absolute Gasteiger partial charge is 0.341 e. The van der Waals surface area contributed by atoms with E-state index in [0.717, 1.165) is 49.2 Å². The van der Waals surface area contributed by atoms with Crippen LogP contribution in [0, 0.1) is 20.8 Å². The highest BCUT2D eigenvalue weighted by molar-refractivity contribution is 7.92. The Labute approximate surface area is 193 Å². The number of thiazole rings is 1. The second-order valence-electron chi connectivity index (χ2n) is 8.35. The van der Waals surface area contributed by atoms with E-state index in [0.29, 0.717) is 16.4 Å². The lowest BCUT2D eigenvalue weighted by Gasteiger charge is -2.27. The molecule has 3 heterocycles. The molecule has 0 radical (unpaired) electrons. The number of carbonyl (C=O) groups is 1. The van der Waals surface area contributed by atoms with E-state index < -0.39 is 10.0 Å². The molecule has 0 atom stereocenters. The third-order valence-corrected chi connectivity index (χ3v) is 7.99. The summed E-state index contributed by atoms with van der Waals surface area (Å²) >= 11 is 1.44. The molecule has 1 saturated heterocycles. The fourth-order valence-corrected chi connectivity index (χ4v) is 5.84. The molecule has 32 heavy (non-hydrogen) atoms. The number of amides is 1. The van der Waals surface area contributed by atoms with Gasteiger partial charge in [-0.3, -0.25) is 9.52 Å². The van der Waals surface area contributed by atoms with Gasteiger partial charge in [-0.05, 0) is 63.3 Å². The summed E-state index contributed by atoms with van der Waals surface area (Å²) in [5.74, 6) is 0.00117. The monoisotopic (exact) mass is 472 g/mol. The van der Waals surface area contributed by atoms with E-state index >= 15 is 0 Å². The van der Waals surface area contributed by atoms with Crippen LogP contribution in [0.1, 0.15) is 36.1 Å². The first-order valence-corrected chi connectivity index (χ1v) is 13.1. The van der Waals surface area contributed by atoms with Gasteiger partial charge in [0.15, 0.2) is 0 Å². The fraction of sp³-hybridized carbons (Fsp3) is 0.391. The maximum Gasteiger partial charge on any atom is 0.263 e. The Morgan fingerprint density at radius 3 is 2.56 bits per heavy atom. The van der Waals surface area contributed by atoms with E-state index in [1.54, 1.807) is 16.8 Å². The van der Waals surface area contributed by atoms with Gasteiger partial charge in [-0.2, -0.15) is 0 Å². The number of aryl methyl sites for hydroxylation is 3. The van der Waals surface area contributed by atoms with Gasteiger partial charge in [0.2, 0.25) is 5.91 Å². The molecule has 0 spiro atoms. The molecule has 1 aromatic carbocycles. The SMILES string of the molecule is Cc1ccc(C)c(NS(=O)(=O)c2cc(-c3nc(C)cs3)n(CC(=O)N3CCCCC3)c2)c1. The Hall–Kier alpha value is -2.65. The van der Waals surface area contributed by atoms with Crippen molar-refractivity contribution < 1.29 is 13.2 Å². The van der Waals surface area contributed by atoms with Crippen molar-refractivity contribution in [3.63, 3.8) is 0 Å². The van der Waals surface area contributed by atoms with Crippen molar-refractivity contribution in [1.82, 2.24) is 14.5 Å². The van der Waals surface area contributed by atoms with E-state index in [1.807, 2.05) is 49.3 Å². The second kappa shape index (κ2) is 9.07. The first kappa shape index (κ1) is 22.5. The summed E-state index contributed by atoms with van der Waals surface area (Å²) < 4.78 is 30.9. The zero-order valence-corrected chi connectivity index (χ0v) is 20.2. The summed E-state index contributed by atoms with van der Waals surface area (Å²) in [5.41, 5.74) is 3.85. The third-order valence-electron chi connectivity index (χ3n) is 5.67. The van der Waals surface area contributed by atoms with Gasteiger partial charge < -0.3 is 9.47 Å². The van der Waals surface area contributed by atoms with Crippen LogP contribution in [-0.4, -0.2) is 41.9 Å². The fourth-order valence-electron chi connectivity index (χ4n) is 3.85. The highest BCUT2D eigenvalue weighted by Crippen LogP contribution is 2.29. The van der Waals surface area contributed by atoms with Crippen molar-refractivity contribution in [3.8, 4) is 10.7 Å². The average Bonchev–Trinajstić information content (AvgIpc) is 3.38. The van der Waals surface area contributed by atoms with Crippen LogP contribution in [0.3, 0.4) is 0 Å². The maximum atomic E-state index is 13.2. The third kappa shape index (κ3) is 4.88. The number of nitrogens with zero attached hydrogens (tertiary/aromatic N) is 3. The molecule has 1 amide bonds. The van der Waals surface area contributed by atoms with Crippen LogP contribution < -0.4 is 4.72 Å². The number of sulfonamides is 1. The second-order valence-corrected chi connectivity index (χ2v) is 10.9. The Balaban J connectivity index is 1.68. The summed E-state index contributed by atoms with van der Waals surface area (Å²) in [6.45, 7) is 7.28. The number of carbonyl (C=O) groups excluding carboxylic acids is 1. The first-order valence-electron chi connectivity index (χ1n) is 10.7. The van der Waals surface area contributed by atoms with Crippen LogP contribution in [0.5, 0.6) is 0 Å². The number of aromatic nitrogens is 2. The van der Waals surface area contributed by atoms with E-state index in [-0.39, 0.29) is 17.3 Å². The number of likely N-dealkylation sites (tertiary alicyclic amines) is 1. The molecule has 9 heteroatoms. The molecule has 1 fully saturated rings. The van der Waals surface area contributed by atoms with Crippen molar-refractivity contribution in [2.75, 3.05) is 17.8 Å². The van der Waals surface area contributed by atoms with Gasteiger partial charge in [-0.15, -0.1) is 11.3 Å². The Bertz CT molecular complexity index is 1240. The first-order chi connectivity index (χ1) is 15.2. The zero-order valence-electron chi connectivity index (χ0n) is 18.6. The van der Waals surface area contributed by atoms with E-state index in [4.69, 9.17) is 0 Å². The van der Waals surface area contributed by atoms with Crippen LogP contribution in [0.2, 0.25) is 0 Å². The number of anilines is 1. The Kier molecular flexibility index (Phi) is 6.39. The molecule has 0 aliphatic carbocycles. The highest BCUT2D eigenvalue weighted by Gasteiger charge is 2.24. The van der Waals surface area contributed by atoms with E-state index in [1.165, 1.54) is 11.3 Å². The molecular weight excluding hydrogens is 444 g/mol. The summed E-state index contributed by atoms with van der Waals surface area (Å²) in [4.78, 5) is 19.4. The van der Waals surface area contributed by atoms with E-state index in [9.17, 15) is 13.2 Å². The molecule has 7 nitrogen and oxygen atoms in total. The number of hydrogen-bond donors (Lipinski definition) is 1. The van der Waals surface area contributed by atoms with Crippen LogP contribution >= 0.6 is 11.3 Å². The minimum absolute atomic E-state index is 0.00117. The van der Waals surface area contributed by atoms with Gasteiger partial charge in [0, 0.05) is 30.4 Å². The quantitative estimate of drug-likeness (QED) is 0.578. The summed E-state index contributed by atoms with van der Waals surface area (Å²) in [6, 6.07) is 7.25. The molecule has 3 aromatic rings. The lowest BCUT2D eigenvalue weighted by molar-refractivity contribution is -0.132. The number of piperidine rings is 1.